The van der Waals surface area contributed by atoms with E-state index in [0.717, 1.165) is 0 Å². The van der Waals surface area contributed by atoms with Crippen LogP contribution < -0.4 is 5.73 Å². The van der Waals surface area contributed by atoms with Crippen LogP contribution in [0.25, 0.3) is 0 Å². The minimum absolute atomic E-state index is 0.00116. The lowest BCUT2D eigenvalue weighted by molar-refractivity contribution is -0.135. The number of nitrogens with two attached hydrogens (primary N) is 1. The van der Waals surface area contributed by atoms with Crippen molar-refractivity contribution in [2.45, 2.75) is 20.8 Å². The summed E-state index contributed by atoms with van der Waals surface area (Å²) >= 11 is 1.29. The van der Waals surface area contributed by atoms with Gasteiger partial charge >= 0.3 is 0 Å². The first kappa shape index (κ1) is 11.1. The van der Waals surface area contributed by atoms with E-state index >= 15 is 0 Å². The average Bonchev–Trinajstić information content (AvgIpc) is 2.48. The number of hydrogen-bond acceptors (Lipinski definition) is 3. The van der Waals surface area contributed by atoms with E-state index in [1.807, 2.05) is 20.8 Å². The number of nitrogens with zero attached hydrogens (tertiary/aromatic N) is 1. The zero-order valence-electron chi connectivity index (χ0n) is 8.53. The Labute approximate surface area is 87.5 Å². The summed E-state index contributed by atoms with van der Waals surface area (Å²) in [5.41, 5.74) is 4.68. The fourth-order valence-corrected chi connectivity index (χ4v) is 1.85. The van der Waals surface area contributed by atoms with Crippen LogP contribution in [0.2, 0.25) is 0 Å². The fraction of sp³-hybridized carbons (Fsp3) is 0.556. The Hall–Kier alpha value is -0.970. The monoisotopic (exact) mass is 214 g/mol. The molecule has 0 aromatic rings. The van der Waals surface area contributed by atoms with Gasteiger partial charge in [0.1, 0.15) is 0 Å². The van der Waals surface area contributed by atoms with E-state index in [1.165, 1.54) is 22.9 Å². The van der Waals surface area contributed by atoms with Gasteiger partial charge in [-0.3, -0.25) is 9.59 Å². The van der Waals surface area contributed by atoms with Gasteiger partial charge < -0.3 is 10.6 Å². The van der Waals surface area contributed by atoms with Gasteiger partial charge in [0.05, 0.1) is 10.8 Å². The minimum atomic E-state index is -0.473. The van der Waals surface area contributed by atoms with Crippen molar-refractivity contribution in [3.63, 3.8) is 0 Å². The van der Waals surface area contributed by atoms with Crippen molar-refractivity contribution in [3.05, 3.63) is 11.1 Å². The molecule has 0 aromatic carbocycles. The zero-order chi connectivity index (χ0) is 10.9. The Morgan fingerprint density at radius 2 is 2.07 bits per heavy atom. The lowest BCUT2D eigenvalue weighted by Gasteiger charge is -2.23. The van der Waals surface area contributed by atoms with E-state index < -0.39 is 11.3 Å². The third kappa shape index (κ3) is 2.29. The van der Waals surface area contributed by atoms with Crippen LogP contribution in [0.1, 0.15) is 20.8 Å². The highest BCUT2D eigenvalue weighted by atomic mass is 32.2. The molecule has 1 heterocycles. The Balaban J connectivity index is 2.76. The van der Waals surface area contributed by atoms with E-state index in [-0.39, 0.29) is 5.91 Å². The molecule has 78 valence electrons. The molecule has 0 saturated heterocycles. The third-order valence-corrected chi connectivity index (χ3v) is 2.80. The van der Waals surface area contributed by atoms with Crippen LogP contribution in [-0.4, -0.2) is 22.6 Å². The summed E-state index contributed by atoms with van der Waals surface area (Å²) in [5, 5.41) is 0. The van der Waals surface area contributed by atoms with Crippen LogP contribution in [0.4, 0.5) is 0 Å². The molecule has 0 bridgehead atoms. The van der Waals surface area contributed by atoms with Gasteiger partial charge in [-0.1, -0.05) is 32.5 Å². The molecular formula is C9H14N2O2S. The van der Waals surface area contributed by atoms with E-state index in [0.29, 0.717) is 10.8 Å². The second kappa shape index (κ2) is 3.65. The molecule has 1 aliphatic rings. The van der Waals surface area contributed by atoms with E-state index in [1.54, 1.807) is 0 Å². The Morgan fingerprint density at radius 1 is 1.50 bits per heavy atom. The van der Waals surface area contributed by atoms with Crippen LogP contribution in [0.15, 0.2) is 11.1 Å². The normalized spacial score (nSPS) is 16.8. The summed E-state index contributed by atoms with van der Waals surface area (Å²) < 4.78 is 0. The van der Waals surface area contributed by atoms with E-state index in [4.69, 9.17) is 5.73 Å². The predicted molar refractivity (Wildman–Crippen MR) is 56.0 cm³/mol. The molecule has 2 N–H and O–H groups in total. The number of primary amides is 1. The summed E-state index contributed by atoms with van der Waals surface area (Å²) in [6.45, 7) is 5.53. The van der Waals surface area contributed by atoms with Gasteiger partial charge in [0, 0.05) is 11.6 Å². The van der Waals surface area contributed by atoms with Crippen LogP contribution in [0.3, 0.4) is 0 Å². The van der Waals surface area contributed by atoms with Crippen molar-refractivity contribution >= 4 is 23.6 Å². The molecule has 5 heteroatoms. The lowest BCUT2D eigenvalue weighted by Crippen LogP contribution is -2.34. The molecule has 0 spiro atoms. The molecular weight excluding hydrogens is 200 g/mol. The van der Waals surface area contributed by atoms with Gasteiger partial charge in [-0.25, -0.2) is 0 Å². The first-order valence-corrected chi connectivity index (χ1v) is 5.26. The zero-order valence-corrected chi connectivity index (χ0v) is 9.35. The molecule has 4 nitrogen and oxygen atoms in total. The van der Waals surface area contributed by atoms with Gasteiger partial charge in [0.15, 0.2) is 0 Å². The quantitative estimate of drug-likeness (QED) is 0.705. The smallest absolute Gasteiger partial charge is 0.256 e. The topological polar surface area (TPSA) is 63.4 Å². The Morgan fingerprint density at radius 3 is 2.43 bits per heavy atom. The molecule has 0 unspecified atom stereocenters. The SMILES string of the molecule is CC(C)(C)C(=O)N1C=C(C(N)=O)SC1. The molecule has 2 amide bonds. The van der Waals surface area contributed by atoms with Crippen LogP contribution in [0.5, 0.6) is 0 Å². The van der Waals surface area contributed by atoms with E-state index in [2.05, 4.69) is 0 Å². The van der Waals surface area contributed by atoms with Gasteiger partial charge in [-0.15, -0.1) is 0 Å². The lowest BCUT2D eigenvalue weighted by atomic mass is 9.95. The predicted octanol–water partition coefficient (Wildman–Crippen LogP) is 0.892. The van der Waals surface area contributed by atoms with Crippen molar-refractivity contribution in [2.24, 2.45) is 11.1 Å². The minimum Gasteiger partial charge on any atom is -0.365 e. The molecule has 0 aromatic heterocycles. The Bertz CT molecular complexity index is 304. The second-order valence-corrected chi connectivity index (χ2v) is 5.14. The standard InChI is InChI=1S/C9H14N2O2S/c1-9(2,3)8(13)11-4-6(7(10)12)14-5-11/h4H,5H2,1-3H3,(H2,10,12). The number of carbonyl (C=O) groups is 2. The first-order valence-electron chi connectivity index (χ1n) is 4.28. The third-order valence-electron chi connectivity index (χ3n) is 1.78. The number of thioether (sulfide) groups is 1. The summed E-state index contributed by atoms with van der Waals surface area (Å²) in [4.78, 5) is 24.5. The number of rotatable bonds is 1. The average molecular weight is 214 g/mol. The highest BCUT2D eigenvalue weighted by Crippen LogP contribution is 2.28. The highest BCUT2D eigenvalue weighted by Gasteiger charge is 2.30. The number of carbonyl (C=O) groups excluding carboxylic acids is 2. The maximum Gasteiger partial charge on any atom is 0.256 e. The van der Waals surface area contributed by atoms with Gasteiger partial charge in [0.25, 0.3) is 5.91 Å². The molecule has 0 saturated carbocycles. The van der Waals surface area contributed by atoms with Crippen LogP contribution in [-0.2, 0) is 9.59 Å². The summed E-state index contributed by atoms with van der Waals surface area (Å²) in [7, 11) is 0. The van der Waals surface area contributed by atoms with Gasteiger partial charge in [-0.2, -0.15) is 0 Å². The molecule has 0 aliphatic carbocycles. The fourth-order valence-electron chi connectivity index (χ4n) is 1.04. The van der Waals surface area contributed by atoms with Crippen molar-refractivity contribution in [1.29, 1.82) is 0 Å². The van der Waals surface area contributed by atoms with Crippen molar-refractivity contribution < 1.29 is 9.59 Å². The maximum absolute atomic E-state index is 11.8. The number of amides is 2. The van der Waals surface area contributed by atoms with Crippen LogP contribution in [0, 0.1) is 5.41 Å². The Kier molecular flexibility index (Phi) is 2.89. The van der Waals surface area contributed by atoms with Crippen LogP contribution >= 0.6 is 11.8 Å². The van der Waals surface area contributed by atoms with E-state index in [9.17, 15) is 9.59 Å². The van der Waals surface area contributed by atoms with Crippen molar-refractivity contribution in [3.8, 4) is 0 Å². The second-order valence-electron chi connectivity index (χ2n) is 4.16. The molecule has 1 aliphatic heterocycles. The molecule has 0 fully saturated rings. The molecule has 0 atom stereocenters. The van der Waals surface area contributed by atoms with Crippen molar-refractivity contribution in [2.75, 3.05) is 5.88 Å². The summed E-state index contributed by atoms with van der Waals surface area (Å²) in [6.07, 6.45) is 1.53. The largest absolute Gasteiger partial charge is 0.365 e. The van der Waals surface area contributed by atoms with Gasteiger partial charge in [0.2, 0.25) is 5.91 Å². The first-order chi connectivity index (χ1) is 6.32. The van der Waals surface area contributed by atoms with Gasteiger partial charge in [-0.05, 0) is 0 Å². The summed E-state index contributed by atoms with van der Waals surface area (Å²) in [6, 6.07) is 0. The molecule has 0 radical (unpaired) electrons. The summed E-state index contributed by atoms with van der Waals surface area (Å²) in [5.74, 6) is 0.00874. The maximum atomic E-state index is 11.8. The molecule has 1 rings (SSSR count). The number of hydrogen-bond donors (Lipinski definition) is 1. The molecule has 14 heavy (non-hydrogen) atoms. The highest BCUT2D eigenvalue weighted by molar-refractivity contribution is 8.04. The van der Waals surface area contributed by atoms with Crippen molar-refractivity contribution in [1.82, 2.24) is 4.90 Å².